The second-order valence-electron chi connectivity index (χ2n) is 8.72. The van der Waals surface area contributed by atoms with E-state index >= 15 is 0 Å². The van der Waals surface area contributed by atoms with Crippen LogP contribution in [0.3, 0.4) is 0 Å². The SMILES string of the molecule is CC1(C)OB(c2ccc(C[C@H](NC(=O)Cc3ccccc3)C(N)=O)cc2)OC1(C)C. The Kier molecular flexibility index (Phi) is 6.34. The molecule has 2 amide bonds. The summed E-state index contributed by atoms with van der Waals surface area (Å²) in [7, 11) is -0.443. The minimum Gasteiger partial charge on any atom is -0.399 e. The molecule has 1 aliphatic heterocycles. The van der Waals surface area contributed by atoms with Gasteiger partial charge in [0.1, 0.15) is 6.04 Å². The maximum absolute atomic E-state index is 12.3. The molecule has 1 atom stereocenters. The maximum atomic E-state index is 12.3. The number of rotatable bonds is 7. The van der Waals surface area contributed by atoms with Crippen LogP contribution < -0.4 is 16.5 Å². The van der Waals surface area contributed by atoms with Crippen LogP contribution in [0.1, 0.15) is 38.8 Å². The van der Waals surface area contributed by atoms with Gasteiger partial charge in [-0.05, 0) is 44.3 Å². The van der Waals surface area contributed by atoms with Crippen molar-refractivity contribution in [2.45, 2.75) is 57.8 Å². The first-order chi connectivity index (χ1) is 14.1. The molecule has 1 fully saturated rings. The van der Waals surface area contributed by atoms with Crippen molar-refractivity contribution < 1.29 is 18.9 Å². The van der Waals surface area contributed by atoms with Gasteiger partial charge in [-0.3, -0.25) is 9.59 Å². The largest absolute Gasteiger partial charge is 0.494 e. The van der Waals surface area contributed by atoms with Crippen LogP contribution in [0.4, 0.5) is 0 Å². The topological polar surface area (TPSA) is 90.6 Å². The Morgan fingerprint density at radius 1 is 0.933 bits per heavy atom. The molecule has 0 bridgehead atoms. The Morgan fingerprint density at radius 3 is 2.03 bits per heavy atom. The number of nitrogens with one attached hydrogen (secondary N) is 1. The first-order valence-electron chi connectivity index (χ1n) is 10.1. The van der Waals surface area contributed by atoms with E-state index in [9.17, 15) is 9.59 Å². The van der Waals surface area contributed by atoms with Crippen LogP contribution >= 0.6 is 0 Å². The van der Waals surface area contributed by atoms with Crippen LogP contribution in [0, 0.1) is 0 Å². The molecular weight excluding hydrogens is 379 g/mol. The molecule has 0 unspecified atom stereocenters. The summed E-state index contributed by atoms with van der Waals surface area (Å²) >= 11 is 0. The van der Waals surface area contributed by atoms with Gasteiger partial charge in [-0.2, -0.15) is 0 Å². The van der Waals surface area contributed by atoms with Crippen molar-refractivity contribution in [1.82, 2.24) is 5.32 Å². The highest BCUT2D eigenvalue weighted by Crippen LogP contribution is 2.36. The molecule has 3 rings (SSSR count). The van der Waals surface area contributed by atoms with Crippen LogP contribution in [0.15, 0.2) is 54.6 Å². The molecule has 30 heavy (non-hydrogen) atoms. The molecule has 1 heterocycles. The van der Waals surface area contributed by atoms with Gasteiger partial charge in [0.05, 0.1) is 17.6 Å². The number of carbonyl (C=O) groups excluding carboxylic acids is 2. The minimum absolute atomic E-state index is 0.200. The van der Waals surface area contributed by atoms with E-state index in [4.69, 9.17) is 15.0 Å². The highest BCUT2D eigenvalue weighted by atomic mass is 16.7. The minimum atomic E-state index is -0.774. The number of hydrogen-bond acceptors (Lipinski definition) is 4. The number of nitrogens with two attached hydrogens (primary N) is 1. The second kappa shape index (κ2) is 8.62. The van der Waals surface area contributed by atoms with Crippen molar-refractivity contribution in [3.05, 3.63) is 65.7 Å². The van der Waals surface area contributed by atoms with Crippen LogP contribution in [0.5, 0.6) is 0 Å². The van der Waals surface area contributed by atoms with Crippen LogP contribution in [0.2, 0.25) is 0 Å². The van der Waals surface area contributed by atoms with Gasteiger partial charge in [0.2, 0.25) is 11.8 Å². The average molecular weight is 408 g/mol. The van der Waals surface area contributed by atoms with Crippen molar-refractivity contribution in [2.24, 2.45) is 5.73 Å². The van der Waals surface area contributed by atoms with E-state index in [1.54, 1.807) is 0 Å². The second-order valence-corrected chi connectivity index (χ2v) is 8.72. The van der Waals surface area contributed by atoms with Crippen LogP contribution in [0.25, 0.3) is 0 Å². The Balaban J connectivity index is 1.62. The van der Waals surface area contributed by atoms with Gasteiger partial charge in [0.25, 0.3) is 0 Å². The predicted octanol–water partition coefficient (Wildman–Crippen LogP) is 1.74. The van der Waals surface area contributed by atoms with Crippen LogP contribution in [-0.2, 0) is 31.7 Å². The smallest absolute Gasteiger partial charge is 0.399 e. The zero-order valence-corrected chi connectivity index (χ0v) is 18.0. The van der Waals surface area contributed by atoms with E-state index in [0.29, 0.717) is 6.42 Å². The zero-order valence-electron chi connectivity index (χ0n) is 18.0. The highest BCUT2D eigenvalue weighted by molar-refractivity contribution is 6.62. The first kappa shape index (κ1) is 22.1. The fourth-order valence-electron chi connectivity index (χ4n) is 3.28. The van der Waals surface area contributed by atoms with E-state index in [-0.39, 0.29) is 12.3 Å². The van der Waals surface area contributed by atoms with Gasteiger partial charge in [0, 0.05) is 6.42 Å². The molecule has 1 aliphatic rings. The van der Waals surface area contributed by atoms with Crippen molar-refractivity contribution in [1.29, 1.82) is 0 Å². The highest BCUT2D eigenvalue weighted by Gasteiger charge is 2.51. The lowest BCUT2D eigenvalue weighted by molar-refractivity contribution is -0.127. The summed E-state index contributed by atoms with van der Waals surface area (Å²) in [5.74, 6) is -0.801. The molecule has 0 saturated carbocycles. The molecule has 1 saturated heterocycles. The van der Waals surface area contributed by atoms with E-state index in [1.807, 2.05) is 82.3 Å². The zero-order chi connectivity index (χ0) is 21.9. The summed E-state index contributed by atoms with van der Waals surface area (Å²) in [6.07, 6.45) is 0.519. The summed E-state index contributed by atoms with van der Waals surface area (Å²) in [5, 5.41) is 2.74. The standard InChI is InChI=1S/C23H29BN2O4/c1-22(2)23(3,4)30-24(29-22)18-12-10-17(11-13-18)14-19(21(25)28)26-20(27)15-16-8-6-5-7-9-16/h5-13,19H,14-15H2,1-4H3,(H2,25,28)(H,26,27)/t19-/m0/s1. The molecule has 7 heteroatoms. The predicted molar refractivity (Wildman–Crippen MR) is 117 cm³/mol. The molecule has 2 aromatic carbocycles. The fraction of sp³-hybridized carbons (Fsp3) is 0.391. The van der Waals surface area contributed by atoms with Crippen molar-refractivity contribution in [3.63, 3.8) is 0 Å². The quantitative estimate of drug-likeness (QED) is 0.683. The van der Waals surface area contributed by atoms with Gasteiger partial charge in [-0.25, -0.2) is 0 Å². The van der Waals surface area contributed by atoms with Crippen molar-refractivity contribution >= 4 is 24.4 Å². The number of hydrogen-bond donors (Lipinski definition) is 2. The normalized spacial score (nSPS) is 18.1. The van der Waals surface area contributed by atoms with E-state index in [0.717, 1.165) is 16.6 Å². The van der Waals surface area contributed by atoms with E-state index < -0.39 is 30.3 Å². The third-order valence-corrected chi connectivity index (χ3v) is 5.83. The third-order valence-electron chi connectivity index (χ3n) is 5.83. The molecule has 0 aromatic heterocycles. The fourth-order valence-corrected chi connectivity index (χ4v) is 3.28. The summed E-state index contributed by atoms with van der Waals surface area (Å²) < 4.78 is 12.1. The maximum Gasteiger partial charge on any atom is 0.494 e. The molecular formula is C23H29BN2O4. The molecule has 0 aliphatic carbocycles. The number of amides is 2. The molecule has 2 aromatic rings. The Bertz CT molecular complexity index is 881. The monoisotopic (exact) mass is 408 g/mol. The van der Waals surface area contributed by atoms with E-state index in [1.165, 1.54) is 0 Å². The summed E-state index contributed by atoms with van der Waals surface area (Å²) in [4.78, 5) is 24.2. The molecule has 6 nitrogen and oxygen atoms in total. The molecule has 158 valence electrons. The van der Waals surface area contributed by atoms with Crippen molar-refractivity contribution in [2.75, 3.05) is 0 Å². The Morgan fingerprint density at radius 2 is 1.50 bits per heavy atom. The number of benzene rings is 2. The first-order valence-corrected chi connectivity index (χ1v) is 10.1. The summed E-state index contributed by atoms with van der Waals surface area (Å²) in [6.45, 7) is 8.04. The summed E-state index contributed by atoms with van der Waals surface area (Å²) in [6, 6.07) is 16.2. The number of primary amides is 1. The average Bonchev–Trinajstić information content (AvgIpc) is 2.90. The van der Waals surface area contributed by atoms with Gasteiger partial charge < -0.3 is 20.4 Å². The molecule has 0 radical (unpaired) electrons. The molecule has 0 spiro atoms. The molecule has 3 N–H and O–H groups in total. The van der Waals surface area contributed by atoms with Gasteiger partial charge in [-0.1, -0.05) is 54.6 Å². The van der Waals surface area contributed by atoms with Crippen LogP contribution in [-0.4, -0.2) is 36.2 Å². The third kappa shape index (κ3) is 5.09. The Labute approximate surface area is 178 Å². The van der Waals surface area contributed by atoms with Crippen molar-refractivity contribution in [3.8, 4) is 0 Å². The van der Waals surface area contributed by atoms with Gasteiger partial charge >= 0.3 is 7.12 Å². The lowest BCUT2D eigenvalue weighted by atomic mass is 9.78. The van der Waals surface area contributed by atoms with Gasteiger partial charge in [-0.15, -0.1) is 0 Å². The van der Waals surface area contributed by atoms with E-state index in [2.05, 4.69) is 5.32 Å². The Hall–Kier alpha value is -2.64. The summed E-state index contributed by atoms with van der Waals surface area (Å²) in [5.41, 5.74) is 7.38. The van der Waals surface area contributed by atoms with Gasteiger partial charge in [0.15, 0.2) is 0 Å². The number of carbonyl (C=O) groups is 2. The lowest BCUT2D eigenvalue weighted by Gasteiger charge is -2.32. The lowest BCUT2D eigenvalue weighted by Crippen LogP contribution is -2.46.